The first-order valence-electron chi connectivity index (χ1n) is 8.26. The molecule has 8 heteroatoms. The smallest absolute Gasteiger partial charge is 0.349 e. The van der Waals surface area contributed by atoms with Crippen molar-refractivity contribution < 1.29 is 23.5 Å². The van der Waals surface area contributed by atoms with Crippen LogP contribution in [0.15, 0.2) is 40.9 Å². The second-order valence-corrected chi connectivity index (χ2v) is 6.51. The fourth-order valence-electron chi connectivity index (χ4n) is 2.76. The molecule has 2 aromatic carbocycles. The number of hydrogen-bond acceptors (Lipinski definition) is 8. The van der Waals surface area contributed by atoms with Crippen LogP contribution in [0.1, 0.15) is 30.1 Å². The Labute approximate surface area is 154 Å². The molecule has 0 aliphatic carbocycles. The summed E-state index contributed by atoms with van der Waals surface area (Å²) in [7, 11) is 0. The fraction of sp³-hybridized carbons (Fsp3) is 0.211. The minimum Gasteiger partial charge on any atom is -0.454 e. The number of esters is 1. The molecule has 2 heterocycles. The van der Waals surface area contributed by atoms with Crippen molar-refractivity contribution in [2.24, 2.45) is 0 Å². The number of benzene rings is 2. The van der Waals surface area contributed by atoms with Gasteiger partial charge in [0.05, 0.1) is 5.69 Å². The first kappa shape index (κ1) is 16.9. The first-order chi connectivity index (χ1) is 12.8. The molecule has 0 spiro atoms. The highest BCUT2D eigenvalue weighted by atomic mass is 16.7. The van der Waals surface area contributed by atoms with Crippen LogP contribution < -0.4 is 15.2 Å². The molecule has 0 bridgehead atoms. The molecule has 1 aliphatic rings. The molecule has 0 fully saturated rings. The molecule has 0 unspecified atom stereocenters. The van der Waals surface area contributed by atoms with Gasteiger partial charge >= 0.3 is 5.97 Å². The van der Waals surface area contributed by atoms with Gasteiger partial charge in [-0.25, -0.2) is 4.79 Å². The summed E-state index contributed by atoms with van der Waals surface area (Å²) in [6.07, 6.45) is 0. The van der Waals surface area contributed by atoms with E-state index in [1.54, 1.807) is 57.2 Å². The first-order valence-corrected chi connectivity index (χ1v) is 8.26. The van der Waals surface area contributed by atoms with Gasteiger partial charge in [0.2, 0.25) is 17.5 Å². The number of cyclic esters (lactones) is 1. The zero-order valence-electron chi connectivity index (χ0n) is 15.0. The van der Waals surface area contributed by atoms with Crippen molar-refractivity contribution in [1.82, 2.24) is 10.1 Å². The third-order valence-corrected chi connectivity index (χ3v) is 3.90. The van der Waals surface area contributed by atoms with Crippen LogP contribution in [0.2, 0.25) is 0 Å². The zero-order chi connectivity index (χ0) is 19.2. The molecule has 27 heavy (non-hydrogen) atoms. The van der Waals surface area contributed by atoms with Gasteiger partial charge in [-0.2, -0.15) is 4.98 Å². The molecule has 0 atom stereocenters. The second kappa shape index (κ2) is 6.01. The van der Waals surface area contributed by atoms with E-state index in [-0.39, 0.29) is 5.56 Å². The number of hydrogen-bond donors (Lipinski definition) is 1. The maximum absolute atomic E-state index is 12.4. The number of nitrogens with two attached hydrogens (primary N) is 1. The number of nitrogen functional groups attached to an aromatic ring is 1. The van der Waals surface area contributed by atoms with Crippen molar-refractivity contribution in [3.63, 3.8) is 0 Å². The number of nitrogens with zero attached hydrogens (tertiary/aromatic N) is 2. The summed E-state index contributed by atoms with van der Waals surface area (Å²) in [6.45, 7) is 5.04. The lowest BCUT2D eigenvalue weighted by Crippen LogP contribution is -2.38. The van der Waals surface area contributed by atoms with E-state index >= 15 is 0 Å². The lowest BCUT2D eigenvalue weighted by molar-refractivity contribution is -0.127. The zero-order valence-corrected chi connectivity index (χ0v) is 15.0. The summed E-state index contributed by atoms with van der Waals surface area (Å²) >= 11 is 0. The van der Waals surface area contributed by atoms with E-state index < -0.39 is 11.8 Å². The highest BCUT2D eigenvalue weighted by Crippen LogP contribution is 2.40. The van der Waals surface area contributed by atoms with E-state index in [1.807, 2.05) is 0 Å². The van der Waals surface area contributed by atoms with Crippen molar-refractivity contribution in [2.75, 3.05) is 5.73 Å². The number of rotatable bonds is 3. The number of carbonyl (C=O) groups excluding carboxylic acids is 1. The number of anilines is 1. The molecule has 1 aliphatic heterocycles. The summed E-state index contributed by atoms with van der Waals surface area (Å²) < 4.78 is 21.8. The van der Waals surface area contributed by atoms with Gasteiger partial charge in [-0.05, 0) is 30.3 Å². The lowest BCUT2D eigenvalue weighted by atomic mass is 10.1. The van der Waals surface area contributed by atoms with Gasteiger partial charge in [-0.3, -0.25) is 0 Å². The molecule has 138 valence electrons. The molecule has 0 saturated heterocycles. The second-order valence-electron chi connectivity index (χ2n) is 6.51. The molecule has 0 amide bonds. The van der Waals surface area contributed by atoms with Crippen molar-refractivity contribution in [1.29, 1.82) is 0 Å². The van der Waals surface area contributed by atoms with Gasteiger partial charge in [-0.15, -0.1) is 0 Å². The van der Waals surface area contributed by atoms with Crippen molar-refractivity contribution in [3.05, 3.63) is 47.9 Å². The van der Waals surface area contributed by atoms with E-state index in [9.17, 15) is 4.79 Å². The largest absolute Gasteiger partial charge is 0.454 e. The van der Waals surface area contributed by atoms with Gasteiger partial charge in [0.1, 0.15) is 22.8 Å². The standard InChI is InChI=1S/C19H17N3O5/c1-10-21-17(22-27-10)11-7-8-13(12(20)9-11)24-14-5-4-6-15-16(14)18(23)26-19(2,3)25-15/h4-9H,20H2,1-3H3. The predicted molar refractivity (Wildman–Crippen MR) is 95.5 cm³/mol. The number of aryl methyl sites for hydroxylation is 1. The van der Waals surface area contributed by atoms with Crippen LogP contribution >= 0.6 is 0 Å². The van der Waals surface area contributed by atoms with Crippen LogP contribution in [0.25, 0.3) is 11.4 Å². The van der Waals surface area contributed by atoms with E-state index in [1.165, 1.54) is 0 Å². The summed E-state index contributed by atoms with van der Waals surface area (Å²) in [6, 6.07) is 10.2. The van der Waals surface area contributed by atoms with Crippen molar-refractivity contribution in [3.8, 4) is 28.6 Å². The normalized spacial score (nSPS) is 14.9. The highest BCUT2D eigenvalue weighted by molar-refractivity contribution is 5.96. The molecule has 0 radical (unpaired) electrons. The Bertz CT molecular complexity index is 1040. The van der Waals surface area contributed by atoms with E-state index in [4.69, 9.17) is 24.5 Å². The summed E-state index contributed by atoms with van der Waals surface area (Å²) in [5, 5.41) is 3.86. The molecule has 3 aromatic rings. The van der Waals surface area contributed by atoms with Crippen LogP contribution in [0.3, 0.4) is 0 Å². The van der Waals surface area contributed by atoms with E-state index in [2.05, 4.69) is 10.1 Å². The van der Waals surface area contributed by atoms with E-state index in [0.717, 1.165) is 0 Å². The van der Waals surface area contributed by atoms with Crippen molar-refractivity contribution >= 4 is 11.7 Å². The average molecular weight is 367 g/mol. The Morgan fingerprint density at radius 3 is 2.63 bits per heavy atom. The number of aromatic nitrogens is 2. The third kappa shape index (κ3) is 3.17. The topological polar surface area (TPSA) is 110 Å². The Morgan fingerprint density at radius 1 is 1.11 bits per heavy atom. The van der Waals surface area contributed by atoms with Crippen LogP contribution in [0, 0.1) is 6.92 Å². The van der Waals surface area contributed by atoms with Gasteiger partial charge in [0.15, 0.2) is 0 Å². The maximum atomic E-state index is 12.4. The van der Waals surface area contributed by atoms with Crippen molar-refractivity contribution in [2.45, 2.75) is 26.6 Å². The molecular weight excluding hydrogens is 350 g/mol. The molecule has 4 rings (SSSR count). The Balaban J connectivity index is 1.67. The summed E-state index contributed by atoms with van der Waals surface area (Å²) in [5.41, 5.74) is 7.38. The Kier molecular flexibility index (Phi) is 3.76. The Hall–Kier alpha value is -3.55. The summed E-state index contributed by atoms with van der Waals surface area (Å²) in [5.74, 6) is 0.406. The quantitative estimate of drug-likeness (QED) is 0.551. The van der Waals surface area contributed by atoms with Gasteiger partial charge in [-0.1, -0.05) is 11.2 Å². The minimum absolute atomic E-state index is 0.217. The van der Waals surface area contributed by atoms with Crippen LogP contribution in [0.4, 0.5) is 5.69 Å². The minimum atomic E-state index is -1.04. The highest BCUT2D eigenvalue weighted by Gasteiger charge is 2.36. The lowest BCUT2D eigenvalue weighted by Gasteiger charge is -2.32. The summed E-state index contributed by atoms with van der Waals surface area (Å²) in [4.78, 5) is 16.6. The maximum Gasteiger partial charge on any atom is 0.349 e. The van der Waals surface area contributed by atoms with Crippen LogP contribution in [-0.2, 0) is 4.74 Å². The van der Waals surface area contributed by atoms with Gasteiger partial charge < -0.3 is 24.5 Å². The Morgan fingerprint density at radius 2 is 1.93 bits per heavy atom. The molecule has 2 N–H and O–H groups in total. The number of ether oxygens (including phenoxy) is 3. The monoisotopic (exact) mass is 367 g/mol. The van der Waals surface area contributed by atoms with Gasteiger partial charge in [0, 0.05) is 26.3 Å². The molecule has 1 aromatic heterocycles. The predicted octanol–water partition coefficient (Wildman–Crippen LogP) is 3.70. The molecule has 0 saturated carbocycles. The van der Waals surface area contributed by atoms with Gasteiger partial charge in [0.25, 0.3) is 0 Å². The fourth-order valence-corrected chi connectivity index (χ4v) is 2.76. The number of fused-ring (bicyclic) bond motifs is 1. The molecule has 8 nitrogen and oxygen atoms in total. The van der Waals surface area contributed by atoms with E-state index in [0.29, 0.717) is 40.2 Å². The average Bonchev–Trinajstić information content (AvgIpc) is 3.02. The number of carbonyl (C=O) groups is 1. The van der Waals surface area contributed by atoms with Crippen LogP contribution in [-0.4, -0.2) is 21.9 Å². The third-order valence-electron chi connectivity index (χ3n) is 3.90. The van der Waals surface area contributed by atoms with Crippen LogP contribution in [0.5, 0.6) is 17.2 Å². The SMILES string of the molecule is Cc1nc(-c2ccc(Oc3cccc4c3C(=O)OC(C)(C)O4)c(N)c2)no1. The molecular formula is C19H17N3O5.